The molecule has 0 aliphatic rings. The van der Waals surface area contributed by atoms with Crippen molar-refractivity contribution in [1.82, 2.24) is 4.98 Å². The van der Waals surface area contributed by atoms with Crippen LogP contribution in [0.15, 0.2) is 12.3 Å². The van der Waals surface area contributed by atoms with Gasteiger partial charge in [-0.2, -0.15) is 0 Å². The fraction of sp³-hybridized carbons (Fsp3) is 0.300. The fourth-order valence-electron chi connectivity index (χ4n) is 1.16. The van der Waals surface area contributed by atoms with Crippen molar-refractivity contribution in [2.24, 2.45) is 0 Å². The first-order chi connectivity index (χ1) is 7.16. The van der Waals surface area contributed by atoms with Crippen molar-refractivity contribution in [1.29, 1.82) is 0 Å². The Morgan fingerprint density at radius 1 is 1.73 bits per heavy atom. The van der Waals surface area contributed by atoms with E-state index in [0.29, 0.717) is 18.5 Å². The number of nitrogens with zero attached hydrogens (tertiary/aromatic N) is 2. The maximum Gasteiger partial charge on any atom is 0.314 e. The highest BCUT2D eigenvalue weighted by Gasteiger charge is 2.17. The molecule has 1 aromatic rings. The third-order valence-corrected chi connectivity index (χ3v) is 1.87. The molecule has 78 valence electrons. The number of aryl methyl sites for hydroxylation is 1. The highest BCUT2D eigenvalue weighted by molar-refractivity contribution is 5.59. The molecule has 0 saturated heterocycles. The number of nitro groups is 1. The molecule has 0 bridgehead atoms. The summed E-state index contributed by atoms with van der Waals surface area (Å²) in [7, 11) is 0. The van der Waals surface area contributed by atoms with Crippen molar-refractivity contribution in [3.05, 3.63) is 27.9 Å². The Balaban J connectivity index is 2.92. The van der Waals surface area contributed by atoms with Gasteiger partial charge in [-0.05, 0) is 13.0 Å². The maximum atomic E-state index is 10.8. The predicted molar refractivity (Wildman–Crippen MR) is 57.6 cm³/mol. The monoisotopic (exact) mass is 205 g/mol. The van der Waals surface area contributed by atoms with Gasteiger partial charge in [-0.3, -0.25) is 10.1 Å². The number of terminal acetylenes is 1. The molecule has 1 heterocycles. The molecule has 1 N–H and O–H groups in total. The molecule has 1 rings (SSSR count). The summed E-state index contributed by atoms with van der Waals surface area (Å²) in [5.74, 6) is 2.71. The lowest BCUT2D eigenvalue weighted by Crippen LogP contribution is -2.06. The van der Waals surface area contributed by atoms with Crippen molar-refractivity contribution in [2.75, 3.05) is 11.9 Å². The number of anilines is 1. The number of hydrogen-bond donors (Lipinski definition) is 1. The lowest BCUT2D eigenvalue weighted by Gasteiger charge is -2.05. The fourth-order valence-corrected chi connectivity index (χ4v) is 1.16. The van der Waals surface area contributed by atoms with Gasteiger partial charge >= 0.3 is 5.69 Å². The molecular weight excluding hydrogens is 194 g/mol. The topological polar surface area (TPSA) is 68.1 Å². The number of aromatic nitrogens is 1. The van der Waals surface area contributed by atoms with Gasteiger partial charge in [0.2, 0.25) is 5.82 Å². The summed E-state index contributed by atoms with van der Waals surface area (Å²) in [5, 5.41) is 13.6. The van der Waals surface area contributed by atoms with E-state index in [1.165, 1.54) is 6.20 Å². The van der Waals surface area contributed by atoms with Crippen LogP contribution in [0.25, 0.3) is 0 Å². The lowest BCUT2D eigenvalue weighted by atomic mass is 10.2. The smallest absolute Gasteiger partial charge is 0.314 e. The van der Waals surface area contributed by atoms with Gasteiger partial charge in [-0.1, -0.05) is 0 Å². The van der Waals surface area contributed by atoms with Crippen LogP contribution in [-0.4, -0.2) is 16.5 Å². The Labute approximate surface area is 87.7 Å². The number of pyridine rings is 1. The zero-order valence-corrected chi connectivity index (χ0v) is 8.36. The van der Waals surface area contributed by atoms with Crippen LogP contribution >= 0.6 is 0 Å². The normalized spacial score (nSPS) is 9.33. The second-order valence-electron chi connectivity index (χ2n) is 2.96. The quantitative estimate of drug-likeness (QED) is 0.352. The zero-order chi connectivity index (χ0) is 11.3. The van der Waals surface area contributed by atoms with Gasteiger partial charge in [0.05, 0.1) is 4.92 Å². The molecule has 0 atom stereocenters. The second kappa shape index (κ2) is 4.96. The molecule has 1 aromatic heterocycles. The van der Waals surface area contributed by atoms with Crippen LogP contribution in [0.5, 0.6) is 0 Å². The van der Waals surface area contributed by atoms with Crippen LogP contribution in [0.3, 0.4) is 0 Å². The summed E-state index contributed by atoms with van der Waals surface area (Å²) in [5.41, 5.74) is 0.590. The minimum atomic E-state index is -0.444. The SMILES string of the molecule is C#CCCNc1nccc(C)c1[N+](=O)[O-]. The van der Waals surface area contributed by atoms with Crippen LogP contribution in [0.4, 0.5) is 11.5 Å². The molecular formula is C10H11N3O2. The van der Waals surface area contributed by atoms with E-state index in [-0.39, 0.29) is 11.5 Å². The number of hydrogen-bond acceptors (Lipinski definition) is 4. The average Bonchev–Trinajstić information content (AvgIpc) is 2.17. The highest BCUT2D eigenvalue weighted by atomic mass is 16.6. The molecule has 5 nitrogen and oxygen atoms in total. The molecule has 15 heavy (non-hydrogen) atoms. The van der Waals surface area contributed by atoms with Gasteiger partial charge in [0.15, 0.2) is 0 Å². The summed E-state index contributed by atoms with van der Waals surface area (Å²) in [6.07, 6.45) is 7.11. The molecule has 0 saturated carbocycles. The number of nitrogens with one attached hydrogen (secondary N) is 1. The third-order valence-electron chi connectivity index (χ3n) is 1.87. The lowest BCUT2D eigenvalue weighted by molar-refractivity contribution is -0.384. The van der Waals surface area contributed by atoms with Gasteiger partial charge in [0, 0.05) is 24.7 Å². The molecule has 0 fully saturated rings. The molecule has 5 heteroatoms. The highest BCUT2D eigenvalue weighted by Crippen LogP contribution is 2.24. The van der Waals surface area contributed by atoms with E-state index in [9.17, 15) is 10.1 Å². The Morgan fingerprint density at radius 2 is 2.47 bits per heavy atom. The summed E-state index contributed by atoms with van der Waals surface area (Å²) in [6.45, 7) is 2.15. The number of rotatable bonds is 4. The maximum absolute atomic E-state index is 10.8. The van der Waals surface area contributed by atoms with Crippen LogP contribution in [0.2, 0.25) is 0 Å². The van der Waals surface area contributed by atoms with Crippen LogP contribution in [0.1, 0.15) is 12.0 Å². The van der Waals surface area contributed by atoms with E-state index in [4.69, 9.17) is 6.42 Å². The minimum Gasteiger partial charge on any atom is -0.363 e. The van der Waals surface area contributed by atoms with Crippen molar-refractivity contribution in [2.45, 2.75) is 13.3 Å². The van der Waals surface area contributed by atoms with Crippen LogP contribution in [-0.2, 0) is 0 Å². The van der Waals surface area contributed by atoms with Gasteiger partial charge in [-0.15, -0.1) is 12.3 Å². The average molecular weight is 205 g/mol. The second-order valence-corrected chi connectivity index (χ2v) is 2.96. The largest absolute Gasteiger partial charge is 0.363 e. The summed E-state index contributed by atoms with van der Waals surface area (Å²) in [6, 6.07) is 1.60. The molecule has 0 aliphatic heterocycles. The molecule has 0 spiro atoms. The summed E-state index contributed by atoms with van der Waals surface area (Å²) < 4.78 is 0. The Bertz CT molecular complexity index is 410. The molecule has 0 amide bonds. The third kappa shape index (κ3) is 2.68. The first kappa shape index (κ1) is 11.0. The Morgan fingerprint density at radius 3 is 3.07 bits per heavy atom. The van der Waals surface area contributed by atoms with E-state index in [2.05, 4.69) is 16.2 Å². The van der Waals surface area contributed by atoms with E-state index < -0.39 is 4.92 Å². The standard InChI is InChI=1S/C10H11N3O2/c1-3-4-6-11-10-9(13(14)15)8(2)5-7-12-10/h1,5,7H,4,6H2,2H3,(H,11,12). The molecule has 0 aromatic carbocycles. The first-order valence-electron chi connectivity index (χ1n) is 4.44. The van der Waals surface area contributed by atoms with E-state index >= 15 is 0 Å². The zero-order valence-electron chi connectivity index (χ0n) is 8.36. The molecule has 0 unspecified atom stereocenters. The van der Waals surface area contributed by atoms with Crippen molar-refractivity contribution < 1.29 is 4.92 Å². The Hall–Kier alpha value is -2.09. The van der Waals surface area contributed by atoms with Crippen molar-refractivity contribution in [3.8, 4) is 12.3 Å². The minimum absolute atomic E-state index is 0.00882. The van der Waals surface area contributed by atoms with E-state index in [1.807, 2.05) is 0 Å². The van der Waals surface area contributed by atoms with Crippen LogP contribution < -0.4 is 5.32 Å². The van der Waals surface area contributed by atoms with Gasteiger partial charge < -0.3 is 5.32 Å². The van der Waals surface area contributed by atoms with Crippen LogP contribution in [0, 0.1) is 29.4 Å². The molecule has 0 radical (unpaired) electrons. The van der Waals surface area contributed by atoms with Gasteiger partial charge in [0.25, 0.3) is 0 Å². The van der Waals surface area contributed by atoms with Crippen molar-refractivity contribution in [3.63, 3.8) is 0 Å². The molecule has 0 aliphatic carbocycles. The summed E-state index contributed by atoms with van der Waals surface area (Å²) in [4.78, 5) is 14.2. The Kier molecular flexibility index (Phi) is 3.63. The van der Waals surface area contributed by atoms with Gasteiger partial charge in [0.1, 0.15) is 0 Å². The first-order valence-corrected chi connectivity index (χ1v) is 4.44. The summed E-state index contributed by atoms with van der Waals surface area (Å²) >= 11 is 0. The van der Waals surface area contributed by atoms with Gasteiger partial charge in [-0.25, -0.2) is 4.98 Å². The van der Waals surface area contributed by atoms with E-state index in [0.717, 1.165) is 0 Å². The van der Waals surface area contributed by atoms with Crippen molar-refractivity contribution >= 4 is 11.5 Å². The van der Waals surface area contributed by atoms with E-state index in [1.54, 1.807) is 13.0 Å². The predicted octanol–water partition coefficient (Wildman–Crippen LogP) is 1.73.